The molecule has 1 saturated heterocycles. The molecule has 2 heterocycles. The summed E-state index contributed by atoms with van der Waals surface area (Å²) < 4.78 is 15.9. The molecular weight excluding hydrogens is 278 g/mol. The first-order chi connectivity index (χ1) is 10.2. The van der Waals surface area contributed by atoms with Crippen LogP contribution in [0.5, 0.6) is 0 Å². The fraction of sp³-hybridized carbons (Fsp3) is 0.538. The van der Waals surface area contributed by atoms with Gasteiger partial charge in [-0.3, -0.25) is 10.2 Å². The summed E-state index contributed by atoms with van der Waals surface area (Å²) >= 11 is 0. The molecular formula is C13H19N3O5. The largest absolute Gasteiger partial charge is 0.441 e. The topological polar surface area (TPSA) is 105 Å². The van der Waals surface area contributed by atoms with E-state index in [1.165, 1.54) is 0 Å². The Morgan fingerprint density at radius 1 is 1.52 bits per heavy atom. The van der Waals surface area contributed by atoms with Crippen molar-refractivity contribution < 1.29 is 23.8 Å². The quantitative estimate of drug-likeness (QED) is 0.786. The summed E-state index contributed by atoms with van der Waals surface area (Å²) in [6, 6.07) is 5.10. The zero-order valence-corrected chi connectivity index (χ0v) is 11.8. The van der Waals surface area contributed by atoms with Gasteiger partial charge < -0.3 is 14.2 Å². The summed E-state index contributed by atoms with van der Waals surface area (Å²) in [5.41, 5.74) is 0.599. The molecule has 0 bridgehead atoms. The molecule has 0 aliphatic carbocycles. The zero-order chi connectivity index (χ0) is 15.1. The number of nitrogens with two attached hydrogens (primary N) is 1. The molecule has 3 N–H and O–H groups in total. The molecule has 1 aliphatic rings. The van der Waals surface area contributed by atoms with Crippen molar-refractivity contribution in [3.05, 3.63) is 23.9 Å². The molecule has 0 spiro atoms. The van der Waals surface area contributed by atoms with E-state index in [1.807, 2.05) is 0 Å². The summed E-state index contributed by atoms with van der Waals surface area (Å²) in [4.78, 5) is 20.4. The third-order valence-electron chi connectivity index (χ3n) is 2.80. The third kappa shape index (κ3) is 4.94. The fourth-order valence-electron chi connectivity index (χ4n) is 1.85. The van der Waals surface area contributed by atoms with Crippen LogP contribution in [0.3, 0.4) is 0 Å². The Balaban J connectivity index is 1.84. The highest BCUT2D eigenvalue weighted by molar-refractivity contribution is 5.83. The molecule has 1 fully saturated rings. The Kier molecular flexibility index (Phi) is 5.88. The van der Waals surface area contributed by atoms with Gasteiger partial charge in [-0.25, -0.2) is 15.7 Å². The van der Waals surface area contributed by atoms with Crippen LogP contribution in [0.4, 0.5) is 10.6 Å². The summed E-state index contributed by atoms with van der Waals surface area (Å²) in [5, 5.41) is 2.53. The normalized spacial score (nSPS) is 17.2. The monoisotopic (exact) mass is 297 g/mol. The fourth-order valence-corrected chi connectivity index (χ4v) is 1.85. The van der Waals surface area contributed by atoms with Crippen molar-refractivity contribution in [3.8, 4) is 0 Å². The maximum Gasteiger partial charge on any atom is 0.413 e. The van der Waals surface area contributed by atoms with E-state index in [0.717, 1.165) is 6.42 Å². The molecule has 116 valence electrons. The lowest BCUT2D eigenvalue weighted by Gasteiger charge is -2.27. The highest BCUT2D eigenvalue weighted by atomic mass is 16.7. The van der Waals surface area contributed by atoms with Crippen molar-refractivity contribution in [3.63, 3.8) is 0 Å². The summed E-state index contributed by atoms with van der Waals surface area (Å²) in [6.45, 7) is 3.07. The lowest BCUT2D eigenvalue weighted by Crippen LogP contribution is -2.38. The number of ether oxygens (including phenoxy) is 3. The van der Waals surface area contributed by atoms with Crippen LogP contribution >= 0.6 is 0 Å². The van der Waals surface area contributed by atoms with Crippen LogP contribution in [-0.4, -0.2) is 36.7 Å². The molecule has 1 aliphatic heterocycles. The van der Waals surface area contributed by atoms with Crippen molar-refractivity contribution >= 4 is 11.9 Å². The number of nitrogens with one attached hydrogen (secondary N) is 1. The second-order valence-electron chi connectivity index (χ2n) is 4.52. The number of rotatable bonds is 5. The van der Waals surface area contributed by atoms with Crippen molar-refractivity contribution in [1.82, 2.24) is 4.98 Å². The summed E-state index contributed by atoms with van der Waals surface area (Å²) in [5.74, 6) is 5.33. The van der Waals surface area contributed by atoms with Crippen LogP contribution in [0.25, 0.3) is 0 Å². The number of hydrogen-bond donors (Lipinski definition) is 2. The number of aromatic nitrogens is 1. The minimum Gasteiger partial charge on any atom is -0.441 e. The van der Waals surface area contributed by atoms with Crippen LogP contribution in [0, 0.1) is 0 Å². The Hall–Kier alpha value is -1.74. The predicted octanol–water partition coefficient (Wildman–Crippen LogP) is 1.17. The van der Waals surface area contributed by atoms with Crippen molar-refractivity contribution in [2.24, 2.45) is 5.90 Å². The molecule has 1 amide bonds. The number of carbonyl (C=O) groups is 1. The number of nitrogens with zero attached hydrogens (tertiary/aromatic N) is 1. The molecule has 1 unspecified atom stereocenters. The number of amides is 1. The lowest BCUT2D eigenvalue weighted by atomic mass is 10.3. The van der Waals surface area contributed by atoms with E-state index >= 15 is 0 Å². The molecule has 2 rings (SSSR count). The van der Waals surface area contributed by atoms with Gasteiger partial charge in [0.15, 0.2) is 12.4 Å². The van der Waals surface area contributed by atoms with Gasteiger partial charge in [-0.2, -0.15) is 0 Å². The Bertz CT molecular complexity index is 465. The van der Waals surface area contributed by atoms with E-state index in [4.69, 9.17) is 20.1 Å². The average molecular weight is 297 g/mol. The first-order valence-corrected chi connectivity index (χ1v) is 6.67. The molecule has 8 heteroatoms. The number of hydrogen-bond acceptors (Lipinski definition) is 7. The van der Waals surface area contributed by atoms with E-state index in [0.29, 0.717) is 24.7 Å². The number of carbonyl (C=O) groups excluding carboxylic acids is 1. The van der Waals surface area contributed by atoms with Crippen LogP contribution in [0.1, 0.15) is 19.0 Å². The van der Waals surface area contributed by atoms with Gasteiger partial charge in [-0.05, 0) is 25.5 Å². The van der Waals surface area contributed by atoms with Crippen molar-refractivity contribution in [2.45, 2.75) is 32.3 Å². The number of anilines is 1. The van der Waals surface area contributed by atoms with Crippen LogP contribution in [0.15, 0.2) is 18.2 Å². The van der Waals surface area contributed by atoms with Crippen LogP contribution < -0.4 is 11.2 Å². The molecule has 1 atom stereocenters. The lowest BCUT2D eigenvalue weighted by molar-refractivity contribution is -0.217. The van der Waals surface area contributed by atoms with Gasteiger partial charge in [0.25, 0.3) is 0 Å². The second-order valence-corrected chi connectivity index (χ2v) is 4.52. The second kappa shape index (κ2) is 7.89. The summed E-state index contributed by atoms with van der Waals surface area (Å²) in [6.07, 6.45) is -0.830. The van der Waals surface area contributed by atoms with Crippen LogP contribution in [0.2, 0.25) is 0 Å². The predicted molar refractivity (Wildman–Crippen MR) is 73.1 cm³/mol. The van der Waals surface area contributed by atoms with Gasteiger partial charge in [-0.15, -0.1) is 0 Å². The van der Waals surface area contributed by atoms with Gasteiger partial charge in [0.2, 0.25) is 0 Å². The van der Waals surface area contributed by atoms with E-state index < -0.39 is 18.5 Å². The van der Waals surface area contributed by atoms with Gasteiger partial charge in [-0.1, -0.05) is 6.07 Å². The van der Waals surface area contributed by atoms with Crippen molar-refractivity contribution in [2.75, 3.05) is 18.5 Å². The molecule has 0 aromatic carbocycles. The molecule has 0 radical (unpaired) electrons. The maximum atomic E-state index is 11.8. The van der Waals surface area contributed by atoms with Gasteiger partial charge in [0, 0.05) is 0 Å². The molecule has 1 aromatic rings. The smallest absolute Gasteiger partial charge is 0.413 e. The Morgan fingerprint density at radius 3 is 3.00 bits per heavy atom. The standard InChI is InChI=1S/C13H19N3O5/c1-9(12-18-6-3-7-19-12)21-13(17)16-11-5-2-4-10(15-11)8-20-14/h2,4-5,9,12H,3,6-8,14H2,1H3,(H,15,16,17). The van der Waals surface area contributed by atoms with Gasteiger partial charge >= 0.3 is 6.09 Å². The minimum atomic E-state index is -0.626. The van der Waals surface area contributed by atoms with Gasteiger partial charge in [0.1, 0.15) is 12.4 Å². The van der Waals surface area contributed by atoms with Gasteiger partial charge in [0.05, 0.1) is 18.9 Å². The first kappa shape index (κ1) is 15.6. The third-order valence-corrected chi connectivity index (χ3v) is 2.80. The van der Waals surface area contributed by atoms with Crippen molar-refractivity contribution in [1.29, 1.82) is 0 Å². The van der Waals surface area contributed by atoms with Crippen LogP contribution in [-0.2, 0) is 25.7 Å². The Morgan fingerprint density at radius 2 is 2.29 bits per heavy atom. The SMILES string of the molecule is CC(OC(=O)Nc1cccc(CON)n1)C1OCCCO1. The number of pyridine rings is 1. The van der Waals surface area contributed by atoms with E-state index in [1.54, 1.807) is 25.1 Å². The zero-order valence-electron chi connectivity index (χ0n) is 11.8. The highest BCUT2D eigenvalue weighted by Gasteiger charge is 2.25. The van der Waals surface area contributed by atoms with E-state index in [9.17, 15) is 4.79 Å². The maximum absolute atomic E-state index is 11.8. The molecule has 8 nitrogen and oxygen atoms in total. The average Bonchev–Trinajstić information content (AvgIpc) is 2.48. The minimum absolute atomic E-state index is 0.157. The summed E-state index contributed by atoms with van der Waals surface area (Å²) in [7, 11) is 0. The highest BCUT2D eigenvalue weighted by Crippen LogP contribution is 2.13. The molecule has 0 saturated carbocycles. The Labute approximate surface area is 122 Å². The molecule has 21 heavy (non-hydrogen) atoms. The molecule has 1 aromatic heterocycles. The van der Waals surface area contributed by atoms with E-state index in [2.05, 4.69) is 15.1 Å². The van der Waals surface area contributed by atoms with E-state index in [-0.39, 0.29) is 6.61 Å². The first-order valence-electron chi connectivity index (χ1n) is 6.67.